The number of aliphatic hydroxyl groups is 8. The molecule has 14 nitrogen and oxygen atoms in total. The normalized spacial score (nSPS) is 23.8. The molecule has 12 unspecified atom stereocenters. The fourth-order valence-corrected chi connectivity index (χ4v) is 11.2. The molecule has 0 aromatic heterocycles. The van der Waals surface area contributed by atoms with E-state index in [0.717, 1.165) is 64.2 Å². The Morgan fingerprint density at radius 3 is 1.26 bits per heavy atom. The van der Waals surface area contributed by atoms with E-state index in [9.17, 15) is 45.6 Å². The molecule has 0 aliphatic carbocycles. The van der Waals surface area contributed by atoms with Crippen molar-refractivity contribution in [3.05, 3.63) is 85.1 Å². The first kappa shape index (κ1) is 80.3. The molecule has 9 N–H and O–H groups in total. The molecule has 0 aromatic carbocycles. The fourth-order valence-electron chi connectivity index (χ4n) is 11.2. The summed E-state index contributed by atoms with van der Waals surface area (Å²) in [5.41, 5.74) is 0. The van der Waals surface area contributed by atoms with Crippen molar-refractivity contribution in [3.8, 4) is 0 Å². The van der Waals surface area contributed by atoms with Gasteiger partial charge in [0, 0.05) is 6.42 Å². The molecule has 0 saturated carbocycles. The third-order valence-electron chi connectivity index (χ3n) is 16.8. The van der Waals surface area contributed by atoms with Crippen molar-refractivity contribution in [1.82, 2.24) is 5.32 Å². The van der Waals surface area contributed by atoms with E-state index in [2.05, 4.69) is 92.1 Å². The highest BCUT2D eigenvalue weighted by atomic mass is 16.7. The van der Waals surface area contributed by atoms with Crippen molar-refractivity contribution in [2.45, 2.75) is 351 Å². The zero-order valence-electron chi connectivity index (χ0n) is 54.7. The zero-order chi connectivity index (χ0) is 63.1. The third kappa shape index (κ3) is 41.3. The van der Waals surface area contributed by atoms with Crippen LogP contribution in [0.25, 0.3) is 0 Å². The molecule has 12 atom stereocenters. The second-order valence-electron chi connectivity index (χ2n) is 24.6. The molecule has 2 rings (SSSR count). The molecule has 2 fully saturated rings. The van der Waals surface area contributed by atoms with Crippen molar-refractivity contribution in [1.29, 1.82) is 0 Å². The number of hydrogen-bond donors (Lipinski definition) is 9. The Labute approximate surface area is 529 Å². The topological polar surface area (TPSA) is 228 Å². The maximum Gasteiger partial charge on any atom is 0.220 e. The number of amides is 1. The number of hydrogen-bond acceptors (Lipinski definition) is 13. The van der Waals surface area contributed by atoms with Crippen molar-refractivity contribution in [3.63, 3.8) is 0 Å². The number of allylic oxidation sites excluding steroid dienone is 13. The van der Waals surface area contributed by atoms with Crippen molar-refractivity contribution in [2.24, 2.45) is 0 Å². The van der Waals surface area contributed by atoms with E-state index in [4.69, 9.17) is 18.9 Å². The van der Waals surface area contributed by atoms with Gasteiger partial charge in [0.15, 0.2) is 12.6 Å². The fraction of sp³-hybridized carbons (Fsp3) is 0.795. The molecular weight excluding hydrogens is 1100 g/mol. The first-order chi connectivity index (χ1) is 42.6. The number of rotatable bonds is 57. The molecule has 2 saturated heterocycles. The summed E-state index contributed by atoms with van der Waals surface area (Å²) in [6.45, 7) is 2.69. The van der Waals surface area contributed by atoms with E-state index in [-0.39, 0.29) is 18.9 Å². The summed E-state index contributed by atoms with van der Waals surface area (Å²) in [7, 11) is 0. The Bertz CT molecular complexity index is 1780. The molecule has 0 radical (unpaired) electrons. The highest BCUT2D eigenvalue weighted by Crippen LogP contribution is 2.30. The van der Waals surface area contributed by atoms with Gasteiger partial charge in [0.2, 0.25) is 5.91 Å². The van der Waals surface area contributed by atoms with Crippen LogP contribution in [0.4, 0.5) is 0 Å². The predicted molar refractivity (Wildman–Crippen MR) is 355 cm³/mol. The summed E-state index contributed by atoms with van der Waals surface area (Å²) in [5, 5.41) is 87.4. The second kappa shape index (κ2) is 57.1. The maximum absolute atomic E-state index is 13.3. The summed E-state index contributed by atoms with van der Waals surface area (Å²) in [5.74, 6) is -0.249. The average Bonchev–Trinajstić information content (AvgIpc) is 2.33. The summed E-state index contributed by atoms with van der Waals surface area (Å²) in [6.07, 6.45) is 62.1. The lowest BCUT2D eigenvalue weighted by Gasteiger charge is -2.46. The van der Waals surface area contributed by atoms with Crippen LogP contribution in [0.3, 0.4) is 0 Å². The molecule has 14 heteroatoms. The van der Waals surface area contributed by atoms with Gasteiger partial charge in [-0.3, -0.25) is 4.79 Å². The van der Waals surface area contributed by atoms with Crippen LogP contribution >= 0.6 is 0 Å². The van der Waals surface area contributed by atoms with Crippen LogP contribution in [0.1, 0.15) is 277 Å². The van der Waals surface area contributed by atoms with E-state index < -0.39 is 86.8 Å². The van der Waals surface area contributed by atoms with Crippen molar-refractivity contribution >= 4 is 5.91 Å². The minimum atomic E-state index is -1.79. The van der Waals surface area contributed by atoms with Crippen LogP contribution in [-0.4, -0.2) is 140 Å². The lowest BCUT2D eigenvalue weighted by molar-refractivity contribution is -0.359. The maximum atomic E-state index is 13.3. The van der Waals surface area contributed by atoms with Crippen LogP contribution in [0.2, 0.25) is 0 Å². The first-order valence-corrected chi connectivity index (χ1v) is 35.3. The Morgan fingerprint density at radius 1 is 0.425 bits per heavy atom. The van der Waals surface area contributed by atoms with E-state index in [1.807, 2.05) is 6.08 Å². The van der Waals surface area contributed by atoms with Crippen molar-refractivity contribution < 1.29 is 64.6 Å². The standard InChI is InChI=1S/C73H129NO13/c1-3-5-7-9-11-13-15-17-19-21-23-25-27-28-29-30-31-32-33-34-35-37-39-41-43-45-47-49-51-53-55-57-65(78)74-61(60-84-72-70(83)68(81)71(64(59-76)86-72)87-73-69(82)67(80)66(79)63(58-75)85-73)62(77)56-54-52-50-48-46-44-42-40-38-36-26-24-22-20-18-16-14-12-10-8-6-4-2/h5,7,11,13,17,19,23,25,28-29,46,48,54,56,61-64,66-73,75-77,79-83H,3-4,6,8-10,12,14-16,18,20-22,24,26-27,30-45,47,49-53,55,57-60H2,1-2H3,(H,74,78)/b7-5-,13-11-,19-17-,25-23-,29-28-,48-46+,56-54+. The van der Waals surface area contributed by atoms with Gasteiger partial charge in [-0.1, -0.05) is 279 Å². The Balaban J connectivity index is 1.68. The minimum Gasteiger partial charge on any atom is -0.394 e. The van der Waals surface area contributed by atoms with Crippen LogP contribution in [-0.2, 0) is 23.7 Å². The van der Waals surface area contributed by atoms with E-state index >= 15 is 0 Å². The van der Waals surface area contributed by atoms with Gasteiger partial charge in [0.05, 0.1) is 32.0 Å². The SMILES string of the molecule is CC/C=C\C/C=C\C/C=C\C/C=C\C/C=C\CCCCCCCCCCCCCCCCCC(=O)NC(COC1OC(CO)C(OC2OC(CO)C(O)C(O)C2O)C(O)C1O)C(O)/C=C/CC/C=C/CCCCCCCCCCCCCCCCCC. The molecule has 0 aromatic rings. The highest BCUT2D eigenvalue weighted by molar-refractivity contribution is 5.76. The van der Waals surface area contributed by atoms with E-state index in [0.29, 0.717) is 12.8 Å². The van der Waals surface area contributed by atoms with Gasteiger partial charge in [0.1, 0.15) is 48.8 Å². The zero-order valence-corrected chi connectivity index (χ0v) is 54.7. The summed E-state index contributed by atoms with van der Waals surface area (Å²) >= 11 is 0. The number of nitrogens with one attached hydrogen (secondary N) is 1. The molecule has 1 amide bonds. The average molecular weight is 1230 g/mol. The number of ether oxygens (including phenoxy) is 4. The largest absolute Gasteiger partial charge is 0.394 e. The lowest BCUT2D eigenvalue weighted by atomic mass is 9.97. The highest BCUT2D eigenvalue weighted by Gasteiger charge is 2.51. The number of carbonyl (C=O) groups excluding carboxylic acids is 1. The van der Waals surface area contributed by atoms with Crippen LogP contribution < -0.4 is 5.32 Å². The number of carbonyl (C=O) groups is 1. The van der Waals surface area contributed by atoms with Crippen LogP contribution in [0, 0.1) is 0 Å². The summed E-state index contributed by atoms with van der Waals surface area (Å²) in [4.78, 5) is 13.3. The van der Waals surface area contributed by atoms with Gasteiger partial charge in [-0.25, -0.2) is 0 Å². The molecule has 2 heterocycles. The van der Waals surface area contributed by atoms with Crippen LogP contribution in [0.5, 0.6) is 0 Å². The molecular formula is C73H129NO13. The number of unbranched alkanes of at least 4 members (excludes halogenated alkanes) is 32. The Kier molecular flexibility index (Phi) is 52.7. The molecule has 87 heavy (non-hydrogen) atoms. The second-order valence-corrected chi connectivity index (χ2v) is 24.6. The van der Waals surface area contributed by atoms with Gasteiger partial charge in [-0.05, 0) is 77.0 Å². The molecule has 504 valence electrons. The minimum absolute atomic E-state index is 0.249. The smallest absolute Gasteiger partial charge is 0.220 e. The Morgan fingerprint density at radius 2 is 0.805 bits per heavy atom. The molecule has 0 bridgehead atoms. The van der Waals surface area contributed by atoms with Crippen LogP contribution in [0.15, 0.2) is 85.1 Å². The first-order valence-electron chi connectivity index (χ1n) is 35.3. The molecule has 2 aliphatic heterocycles. The molecule has 2 aliphatic rings. The summed E-state index contributed by atoms with van der Waals surface area (Å²) in [6, 6.07) is -0.937. The van der Waals surface area contributed by atoms with Gasteiger partial charge in [0.25, 0.3) is 0 Å². The van der Waals surface area contributed by atoms with Crippen molar-refractivity contribution in [2.75, 3.05) is 19.8 Å². The lowest BCUT2D eigenvalue weighted by Crippen LogP contribution is -2.65. The van der Waals surface area contributed by atoms with Gasteiger partial charge in [-0.15, -0.1) is 0 Å². The van der Waals surface area contributed by atoms with Gasteiger partial charge < -0.3 is 65.1 Å². The Hall–Kier alpha value is -2.83. The quantitative estimate of drug-likeness (QED) is 0.0204. The van der Waals surface area contributed by atoms with E-state index in [1.165, 1.54) is 180 Å². The summed E-state index contributed by atoms with van der Waals surface area (Å²) < 4.78 is 22.8. The number of aliphatic hydroxyl groups excluding tert-OH is 8. The van der Waals surface area contributed by atoms with Gasteiger partial charge >= 0.3 is 0 Å². The molecule has 0 spiro atoms. The van der Waals surface area contributed by atoms with E-state index in [1.54, 1.807) is 6.08 Å². The monoisotopic (exact) mass is 1230 g/mol. The van der Waals surface area contributed by atoms with Gasteiger partial charge in [-0.2, -0.15) is 0 Å². The predicted octanol–water partition coefficient (Wildman–Crippen LogP) is 14.4. The third-order valence-corrected chi connectivity index (χ3v) is 16.8.